The maximum Gasteiger partial charge on any atom is 0.338 e. The number of fused-ring (bicyclic) bond motifs is 1. The third-order valence-electron chi connectivity index (χ3n) is 3.64. The van der Waals surface area contributed by atoms with Crippen molar-refractivity contribution < 1.29 is 23.5 Å². The van der Waals surface area contributed by atoms with Crippen LogP contribution in [0.3, 0.4) is 0 Å². The molecule has 2 amide bonds. The molecule has 0 unspecified atom stereocenters. The molecule has 1 heterocycles. The van der Waals surface area contributed by atoms with Gasteiger partial charge in [-0.05, 0) is 42.8 Å². The van der Waals surface area contributed by atoms with E-state index in [0.29, 0.717) is 17.0 Å². The standard InChI is InChI=1S/C18H15FN2O4S/c1-10-2-4-12(7-13(10)19)20-16(22)8-25-18(24)11-3-5-15-14(6-11)21-17(23)9-26-15/h2-7H,8-9H2,1H3,(H,20,22)(H,21,23). The number of hydrogen-bond acceptors (Lipinski definition) is 5. The monoisotopic (exact) mass is 374 g/mol. The first-order chi connectivity index (χ1) is 12.4. The van der Waals surface area contributed by atoms with Crippen LogP contribution in [0, 0.1) is 12.7 Å². The second-order valence-corrected chi connectivity index (χ2v) is 6.65. The fourth-order valence-electron chi connectivity index (χ4n) is 2.29. The summed E-state index contributed by atoms with van der Waals surface area (Å²) in [6.45, 7) is 1.11. The van der Waals surface area contributed by atoms with Gasteiger partial charge >= 0.3 is 5.97 Å². The lowest BCUT2D eigenvalue weighted by Gasteiger charge is -2.16. The molecule has 2 aromatic rings. The minimum Gasteiger partial charge on any atom is -0.452 e. The van der Waals surface area contributed by atoms with Crippen molar-refractivity contribution in [3.63, 3.8) is 0 Å². The first-order valence-electron chi connectivity index (χ1n) is 7.72. The van der Waals surface area contributed by atoms with E-state index in [2.05, 4.69) is 10.6 Å². The van der Waals surface area contributed by atoms with E-state index in [1.54, 1.807) is 25.1 Å². The summed E-state index contributed by atoms with van der Waals surface area (Å²) in [5.74, 6) is -1.52. The predicted molar refractivity (Wildman–Crippen MR) is 95.8 cm³/mol. The van der Waals surface area contributed by atoms with E-state index in [9.17, 15) is 18.8 Å². The molecule has 0 aromatic heterocycles. The Morgan fingerprint density at radius 3 is 2.85 bits per heavy atom. The molecule has 26 heavy (non-hydrogen) atoms. The molecule has 2 aromatic carbocycles. The summed E-state index contributed by atoms with van der Waals surface area (Å²) in [4.78, 5) is 36.2. The molecule has 0 aliphatic carbocycles. The number of rotatable bonds is 4. The molecule has 0 saturated heterocycles. The van der Waals surface area contributed by atoms with Crippen molar-refractivity contribution in [1.82, 2.24) is 0 Å². The minimum absolute atomic E-state index is 0.141. The number of benzene rings is 2. The Balaban J connectivity index is 1.58. The Morgan fingerprint density at radius 1 is 1.27 bits per heavy atom. The third kappa shape index (κ3) is 4.20. The van der Waals surface area contributed by atoms with E-state index >= 15 is 0 Å². The van der Waals surface area contributed by atoms with Crippen LogP contribution in [-0.4, -0.2) is 30.1 Å². The van der Waals surface area contributed by atoms with Gasteiger partial charge in [0.15, 0.2) is 6.61 Å². The second-order valence-electron chi connectivity index (χ2n) is 5.64. The van der Waals surface area contributed by atoms with Crippen molar-refractivity contribution in [2.24, 2.45) is 0 Å². The van der Waals surface area contributed by atoms with Gasteiger partial charge in [-0.3, -0.25) is 9.59 Å². The van der Waals surface area contributed by atoms with E-state index in [0.717, 1.165) is 4.90 Å². The Kier molecular flexibility index (Phi) is 5.22. The number of ether oxygens (including phenoxy) is 1. The van der Waals surface area contributed by atoms with Crippen molar-refractivity contribution >= 4 is 40.9 Å². The van der Waals surface area contributed by atoms with Gasteiger partial charge in [0.2, 0.25) is 5.91 Å². The molecule has 1 aliphatic rings. The predicted octanol–water partition coefficient (Wildman–Crippen LogP) is 2.97. The Morgan fingerprint density at radius 2 is 2.08 bits per heavy atom. The zero-order chi connectivity index (χ0) is 18.7. The molecule has 6 nitrogen and oxygen atoms in total. The number of aryl methyl sites for hydroxylation is 1. The Bertz CT molecular complexity index is 901. The number of nitrogens with one attached hydrogen (secondary N) is 2. The van der Waals surface area contributed by atoms with E-state index < -0.39 is 24.3 Å². The maximum atomic E-state index is 13.5. The molecule has 0 bridgehead atoms. The normalized spacial score (nSPS) is 12.8. The smallest absolute Gasteiger partial charge is 0.338 e. The third-order valence-corrected chi connectivity index (χ3v) is 4.71. The molecular formula is C18H15FN2O4S. The molecule has 0 fully saturated rings. The van der Waals surface area contributed by atoms with Gasteiger partial charge in [0, 0.05) is 10.6 Å². The highest BCUT2D eigenvalue weighted by Crippen LogP contribution is 2.32. The van der Waals surface area contributed by atoms with Gasteiger partial charge in [0.05, 0.1) is 17.0 Å². The number of amides is 2. The van der Waals surface area contributed by atoms with E-state index in [1.165, 1.54) is 30.0 Å². The van der Waals surface area contributed by atoms with E-state index in [4.69, 9.17) is 4.74 Å². The van der Waals surface area contributed by atoms with Gasteiger partial charge < -0.3 is 15.4 Å². The van der Waals surface area contributed by atoms with Crippen LogP contribution < -0.4 is 10.6 Å². The number of anilines is 2. The lowest BCUT2D eigenvalue weighted by molar-refractivity contribution is -0.119. The fourth-order valence-corrected chi connectivity index (χ4v) is 3.08. The first-order valence-corrected chi connectivity index (χ1v) is 8.71. The molecule has 134 valence electrons. The summed E-state index contributed by atoms with van der Waals surface area (Å²) >= 11 is 1.38. The van der Waals surface area contributed by atoms with Gasteiger partial charge in [-0.15, -0.1) is 11.8 Å². The van der Waals surface area contributed by atoms with E-state index in [1.807, 2.05) is 0 Å². The van der Waals surface area contributed by atoms with Gasteiger partial charge in [-0.1, -0.05) is 6.07 Å². The summed E-state index contributed by atoms with van der Waals surface area (Å²) in [5, 5.41) is 5.14. The second kappa shape index (κ2) is 7.57. The summed E-state index contributed by atoms with van der Waals surface area (Å²) in [7, 11) is 0. The molecular weight excluding hydrogens is 359 g/mol. The van der Waals surface area contributed by atoms with Crippen molar-refractivity contribution in [3.8, 4) is 0 Å². The summed E-state index contributed by atoms with van der Waals surface area (Å²) in [6, 6.07) is 9.08. The largest absolute Gasteiger partial charge is 0.452 e. The van der Waals surface area contributed by atoms with Crippen molar-refractivity contribution in [2.75, 3.05) is 23.0 Å². The van der Waals surface area contributed by atoms with Crippen molar-refractivity contribution in [1.29, 1.82) is 0 Å². The molecule has 3 rings (SSSR count). The fraction of sp³-hybridized carbons (Fsp3) is 0.167. The van der Waals surface area contributed by atoms with Crippen LogP contribution in [0.25, 0.3) is 0 Å². The molecule has 0 radical (unpaired) electrons. The summed E-state index contributed by atoms with van der Waals surface area (Å²) in [5.41, 5.74) is 1.51. The molecule has 2 N–H and O–H groups in total. The van der Waals surface area contributed by atoms with Crippen molar-refractivity contribution in [3.05, 3.63) is 53.3 Å². The average molecular weight is 374 g/mol. The van der Waals surface area contributed by atoms with Crippen LogP contribution in [0.1, 0.15) is 15.9 Å². The summed E-state index contributed by atoms with van der Waals surface area (Å²) in [6.07, 6.45) is 0. The zero-order valence-corrected chi connectivity index (χ0v) is 14.6. The minimum atomic E-state index is -0.692. The average Bonchev–Trinajstić information content (AvgIpc) is 2.62. The highest BCUT2D eigenvalue weighted by atomic mass is 32.2. The Hall–Kier alpha value is -2.87. The molecule has 0 spiro atoms. The molecule has 0 saturated carbocycles. The van der Waals surface area contributed by atoms with Crippen LogP contribution in [0.5, 0.6) is 0 Å². The van der Waals surface area contributed by atoms with Crippen LogP contribution >= 0.6 is 11.8 Å². The SMILES string of the molecule is Cc1ccc(NC(=O)COC(=O)c2ccc3c(c2)NC(=O)CS3)cc1F. The number of halogens is 1. The maximum absolute atomic E-state index is 13.5. The number of esters is 1. The van der Waals surface area contributed by atoms with Gasteiger partial charge in [-0.2, -0.15) is 0 Å². The van der Waals surface area contributed by atoms with Crippen LogP contribution in [0.15, 0.2) is 41.3 Å². The molecule has 8 heteroatoms. The Labute approximate surface area is 153 Å². The van der Waals surface area contributed by atoms with Gasteiger partial charge in [0.1, 0.15) is 5.82 Å². The van der Waals surface area contributed by atoms with Crippen LogP contribution in [-0.2, 0) is 14.3 Å². The van der Waals surface area contributed by atoms with Crippen molar-refractivity contribution in [2.45, 2.75) is 11.8 Å². The highest BCUT2D eigenvalue weighted by molar-refractivity contribution is 8.00. The van der Waals surface area contributed by atoms with Crippen LogP contribution in [0.2, 0.25) is 0 Å². The van der Waals surface area contributed by atoms with Crippen LogP contribution in [0.4, 0.5) is 15.8 Å². The lowest BCUT2D eigenvalue weighted by Crippen LogP contribution is -2.22. The zero-order valence-electron chi connectivity index (χ0n) is 13.8. The molecule has 0 atom stereocenters. The van der Waals surface area contributed by atoms with E-state index in [-0.39, 0.29) is 17.2 Å². The lowest BCUT2D eigenvalue weighted by atomic mass is 10.2. The quantitative estimate of drug-likeness (QED) is 0.804. The van der Waals surface area contributed by atoms with Gasteiger partial charge in [0.25, 0.3) is 5.91 Å². The topological polar surface area (TPSA) is 84.5 Å². The number of hydrogen-bond donors (Lipinski definition) is 2. The summed E-state index contributed by atoms with van der Waals surface area (Å²) < 4.78 is 18.4. The number of carbonyl (C=O) groups is 3. The number of carbonyl (C=O) groups excluding carboxylic acids is 3. The van der Waals surface area contributed by atoms with Gasteiger partial charge in [-0.25, -0.2) is 9.18 Å². The first kappa shape index (κ1) is 17.9. The highest BCUT2D eigenvalue weighted by Gasteiger charge is 2.18. The number of thioether (sulfide) groups is 1. The molecule has 1 aliphatic heterocycles.